The lowest BCUT2D eigenvalue weighted by Crippen LogP contribution is -2.63. The molecule has 2 saturated heterocycles. The molecule has 1 saturated carbocycles. The maximum absolute atomic E-state index is 14.8. The van der Waals surface area contributed by atoms with Crippen molar-refractivity contribution in [3.05, 3.63) is 52.8 Å². The minimum atomic E-state index is -0.970. The minimum Gasteiger partial charge on any atom is -0.368 e. The first-order valence-corrected chi connectivity index (χ1v) is 15.2. The standard InChI is InChI=1S/C31H35ClFN5O4/c32-20-9-10-22(24(33)16-20)19-8-11-25-23(15-19)29(40)37-14-13-35(17-27(37)31(42)38(25)18-28(34)39)30(41)26-7-4-12-36(26)21-5-2-1-3-6-21/h8-11,15-16,21,26-27H,1-7,12-14,17-18H2,(H2,34,39)/t26-,27+/m0/s1. The Bertz CT molecular complexity index is 1430. The van der Waals surface area contributed by atoms with Crippen molar-refractivity contribution in [3.63, 3.8) is 0 Å². The largest absolute Gasteiger partial charge is 0.368 e. The maximum Gasteiger partial charge on any atom is 0.256 e. The van der Waals surface area contributed by atoms with Gasteiger partial charge in [0.1, 0.15) is 18.4 Å². The molecule has 0 aromatic heterocycles. The molecule has 11 heteroatoms. The van der Waals surface area contributed by atoms with Gasteiger partial charge in [0.25, 0.3) is 11.8 Å². The van der Waals surface area contributed by atoms with Crippen LogP contribution in [0.2, 0.25) is 5.02 Å². The third kappa shape index (κ3) is 5.26. The molecular weight excluding hydrogens is 561 g/mol. The number of likely N-dealkylation sites (tertiary alicyclic amines) is 1. The lowest BCUT2D eigenvalue weighted by atomic mass is 9.93. The number of nitrogens with zero attached hydrogens (tertiary/aromatic N) is 4. The molecule has 2 N–H and O–H groups in total. The zero-order chi connectivity index (χ0) is 29.5. The van der Waals surface area contributed by atoms with Gasteiger partial charge >= 0.3 is 0 Å². The molecule has 2 atom stereocenters. The molecule has 9 nitrogen and oxygen atoms in total. The fraction of sp³-hybridized carbons (Fsp3) is 0.484. The van der Waals surface area contributed by atoms with Crippen LogP contribution < -0.4 is 10.6 Å². The van der Waals surface area contributed by atoms with Crippen LogP contribution in [0.5, 0.6) is 0 Å². The van der Waals surface area contributed by atoms with Crippen LogP contribution in [0, 0.1) is 5.82 Å². The highest BCUT2D eigenvalue weighted by Gasteiger charge is 2.46. The summed E-state index contributed by atoms with van der Waals surface area (Å²) in [5.41, 5.74) is 6.60. The molecule has 3 heterocycles. The normalized spacial score (nSPS) is 23.5. The second-order valence-corrected chi connectivity index (χ2v) is 12.2. The number of piperazine rings is 1. The highest BCUT2D eigenvalue weighted by molar-refractivity contribution is 6.30. The Morgan fingerprint density at radius 1 is 0.929 bits per heavy atom. The van der Waals surface area contributed by atoms with Crippen molar-refractivity contribution in [2.75, 3.05) is 37.6 Å². The molecule has 3 aliphatic heterocycles. The van der Waals surface area contributed by atoms with E-state index in [-0.39, 0.29) is 46.9 Å². The first-order valence-electron chi connectivity index (χ1n) is 14.8. The summed E-state index contributed by atoms with van der Waals surface area (Å²) in [6.07, 6.45) is 7.57. The molecule has 1 aliphatic carbocycles. The Balaban J connectivity index is 1.30. The number of halogens is 2. The van der Waals surface area contributed by atoms with Crippen LogP contribution in [0.15, 0.2) is 36.4 Å². The van der Waals surface area contributed by atoms with Gasteiger partial charge in [-0.15, -0.1) is 0 Å². The zero-order valence-corrected chi connectivity index (χ0v) is 24.2. The van der Waals surface area contributed by atoms with Gasteiger partial charge in [-0.1, -0.05) is 36.9 Å². The van der Waals surface area contributed by atoms with Crippen LogP contribution in [0.1, 0.15) is 55.3 Å². The summed E-state index contributed by atoms with van der Waals surface area (Å²) in [4.78, 5) is 60.7. The molecule has 0 bridgehead atoms. The van der Waals surface area contributed by atoms with E-state index in [0.717, 1.165) is 32.2 Å². The van der Waals surface area contributed by atoms with E-state index >= 15 is 0 Å². The number of primary amides is 1. The van der Waals surface area contributed by atoms with Gasteiger partial charge in [-0.2, -0.15) is 0 Å². The Labute approximate surface area is 249 Å². The third-order valence-corrected chi connectivity index (χ3v) is 9.44. The predicted molar refractivity (Wildman–Crippen MR) is 156 cm³/mol. The lowest BCUT2D eigenvalue weighted by Gasteiger charge is -2.42. The van der Waals surface area contributed by atoms with Crippen molar-refractivity contribution in [1.82, 2.24) is 14.7 Å². The Kier molecular flexibility index (Phi) is 7.93. The van der Waals surface area contributed by atoms with E-state index in [4.69, 9.17) is 17.3 Å². The minimum absolute atomic E-state index is 0.00156. The lowest BCUT2D eigenvalue weighted by molar-refractivity contribution is -0.141. The quantitative estimate of drug-likeness (QED) is 0.570. The number of benzene rings is 2. The molecule has 2 aromatic carbocycles. The topological polar surface area (TPSA) is 107 Å². The molecule has 0 spiro atoms. The average molecular weight is 596 g/mol. The van der Waals surface area contributed by atoms with Crippen molar-refractivity contribution in [3.8, 4) is 11.1 Å². The SMILES string of the molecule is NC(=O)CN1C(=O)[C@H]2CN(C(=O)[C@@H]3CCCN3C3CCCCC3)CCN2C(=O)c2cc(-c3ccc(Cl)cc3F)ccc21. The van der Waals surface area contributed by atoms with Crippen LogP contribution in [-0.4, -0.2) is 89.2 Å². The molecule has 3 fully saturated rings. The Hall–Kier alpha value is -3.50. The molecular formula is C31H35ClFN5O4. The molecule has 0 radical (unpaired) electrons. The monoisotopic (exact) mass is 595 g/mol. The molecule has 4 amide bonds. The van der Waals surface area contributed by atoms with Gasteiger partial charge in [-0.25, -0.2) is 4.39 Å². The van der Waals surface area contributed by atoms with E-state index in [1.165, 1.54) is 47.3 Å². The van der Waals surface area contributed by atoms with Gasteiger partial charge in [-0.3, -0.25) is 24.1 Å². The summed E-state index contributed by atoms with van der Waals surface area (Å²) in [7, 11) is 0. The maximum atomic E-state index is 14.8. The summed E-state index contributed by atoms with van der Waals surface area (Å²) in [6.45, 7) is 0.991. The number of anilines is 1. The highest BCUT2D eigenvalue weighted by atomic mass is 35.5. The van der Waals surface area contributed by atoms with Gasteiger partial charge < -0.3 is 20.4 Å². The summed E-state index contributed by atoms with van der Waals surface area (Å²) in [5, 5.41) is 0.245. The molecule has 2 aromatic rings. The van der Waals surface area contributed by atoms with Crippen LogP contribution >= 0.6 is 11.6 Å². The second kappa shape index (κ2) is 11.6. The van der Waals surface area contributed by atoms with Crippen molar-refractivity contribution in [2.24, 2.45) is 5.73 Å². The molecule has 4 aliphatic rings. The number of carbonyl (C=O) groups is 4. The summed E-state index contributed by atoms with van der Waals surface area (Å²) < 4.78 is 14.8. The first kappa shape index (κ1) is 28.6. The fourth-order valence-electron chi connectivity index (χ4n) is 7.16. The molecule has 6 rings (SSSR count). The number of fused-ring (bicyclic) bond motifs is 2. The zero-order valence-electron chi connectivity index (χ0n) is 23.4. The van der Waals surface area contributed by atoms with Gasteiger partial charge in [-0.05, 0) is 68.1 Å². The van der Waals surface area contributed by atoms with E-state index in [2.05, 4.69) is 4.90 Å². The van der Waals surface area contributed by atoms with Crippen LogP contribution in [0.25, 0.3) is 11.1 Å². The van der Waals surface area contributed by atoms with E-state index in [9.17, 15) is 23.6 Å². The number of carbonyl (C=O) groups excluding carboxylic acids is 4. The first-order chi connectivity index (χ1) is 20.2. The van der Waals surface area contributed by atoms with Crippen LogP contribution in [0.4, 0.5) is 10.1 Å². The number of hydrogen-bond acceptors (Lipinski definition) is 5. The summed E-state index contributed by atoms with van der Waals surface area (Å²) in [6, 6.07) is 8.18. The molecule has 222 valence electrons. The van der Waals surface area contributed by atoms with Gasteiger partial charge in [0, 0.05) is 29.7 Å². The number of amides is 4. The van der Waals surface area contributed by atoms with Crippen molar-refractivity contribution >= 4 is 40.9 Å². The molecule has 0 unspecified atom stereocenters. The van der Waals surface area contributed by atoms with E-state index < -0.39 is 36.1 Å². The van der Waals surface area contributed by atoms with Crippen LogP contribution in [-0.2, 0) is 14.4 Å². The van der Waals surface area contributed by atoms with Gasteiger partial charge in [0.05, 0.1) is 23.8 Å². The summed E-state index contributed by atoms with van der Waals surface area (Å²) in [5.74, 6) is -2.17. The number of rotatable bonds is 5. The van der Waals surface area contributed by atoms with Gasteiger partial charge in [0.15, 0.2) is 0 Å². The summed E-state index contributed by atoms with van der Waals surface area (Å²) >= 11 is 5.93. The number of hydrogen-bond donors (Lipinski definition) is 1. The van der Waals surface area contributed by atoms with Crippen molar-refractivity contribution in [2.45, 2.75) is 63.1 Å². The Morgan fingerprint density at radius 2 is 1.71 bits per heavy atom. The van der Waals surface area contributed by atoms with E-state index in [1.807, 2.05) is 0 Å². The van der Waals surface area contributed by atoms with Crippen LogP contribution in [0.3, 0.4) is 0 Å². The average Bonchev–Trinajstić information content (AvgIpc) is 3.46. The van der Waals surface area contributed by atoms with Gasteiger partial charge in [0.2, 0.25) is 11.8 Å². The number of nitrogens with two attached hydrogens (primary N) is 1. The fourth-order valence-corrected chi connectivity index (χ4v) is 7.32. The third-order valence-electron chi connectivity index (χ3n) is 9.20. The smallest absolute Gasteiger partial charge is 0.256 e. The van der Waals surface area contributed by atoms with E-state index in [0.29, 0.717) is 18.2 Å². The second-order valence-electron chi connectivity index (χ2n) is 11.7. The van der Waals surface area contributed by atoms with E-state index in [1.54, 1.807) is 23.1 Å². The molecule has 42 heavy (non-hydrogen) atoms. The van der Waals surface area contributed by atoms with Crippen molar-refractivity contribution < 1.29 is 23.6 Å². The predicted octanol–water partition coefficient (Wildman–Crippen LogP) is 3.43. The highest BCUT2D eigenvalue weighted by Crippen LogP contribution is 2.35. The van der Waals surface area contributed by atoms with Crippen molar-refractivity contribution in [1.29, 1.82) is 0 Å². The Morgan fingerprint density at radius 3 is 2.45 bits per heavy atom.